The van der Waals surface area contributed by atoms with E-state index in [0.717, 1.165) is 19.8 Å². The van der Waals surface area contributed by atoms with Crippen LogP contribution in [0.2, 0.25) is 0 Å². The summed E-state index contributed by atoms with van der Waals surface area (Å²) in [5.41, 5.74) is 0.118. The van der Waals surface area contributed by atoms with Crippen molar-refractivity contribution in [2.75, 3.05) is 6.54 Å². The number of amides is 1. The van der Waals surface area contributed by atoms with Gasteiger partial charge in [0.05, 0.1) is 17.2 Å². The number of nitrogens with zero attached hydrogens (tertiary/aromatic N) is 2. The van der Waals surface area contributed by atoms with E-state index in [1.807, 2.05) is 6.92 Å². The molecular formula is C25H33F4N3O2. The average Bonchev–Trinajstić information content (AvgIpc) is 3.11. The van der Waals surface area contributed by atoms with Crippen molar-refractivity contribution >= 4 is 5.91 Å². The van der Waals surface area contributed by atoms with Crippen molar-refractivity contribution < 1.29 is 27.5 Å². The average molecular weight is 484 g/mol. The van der Waals surface area contributed by atoms with Crippen molar-refractivity contribution in [3.8, 4) is 5.69 Å². The number of carbonyl (C=O) groups is 1. The predicted molar refractivity (Wildman–Crippen MR) is 121 cm³/mol. The number of carbonyl (C=O) groups excluding carboxylic acids is 1. The van der Waals surface area contributed by atoms with E-state index in [0.29, 0.717) is 42.4 Å². The Labute approximate surface area is 197 Å². The highest BCUT2D eigenvalue weighted by atomic mass is 19.4. The van der Waals surface area contributed by atoms with Crippen molar-refractivity contribution in [1.29, 1.82) is 0 Å². The lowest BCUT2D eigenvalue weighted by molar-refractivity contribution is -0.169. The molecular weight excluding hydrogens is 450 g/mol. The van der Waals surface area contributed by atoms with Gasteiger partial charge in [-0.1, -0.05) is 26.8 Å². The van der Waals surface area contributed by atoms with E-state index in [-0.39, 0.29) is 17.8 Å². The third-order valence-electron chi connectivity index (χ3n) is 6.87. The largest absolute Gasteiger partial charge is 0.391 e. The highest BCUT2D eigenvalue weighted by Gasteiger charge is 2.36. The maximum absolute atomic E-state index is 14.7. The van der Waals surface area contributed by atoms with Crippen LogP contribution in [0.25, 0.3) is 5.69 Å². The van der Waals surface area contributed by atoms with Crippen LogP contribution in [-0.2, 0) is 12.8 Å². The molecule has 1 heterocycles. The number of aryl methyl sites for hydroxylation is 1. The minimum atomic E-state index is -4.40. The third-order valence-corrected chi connectivity index (χ3v) is 6.87. The maximum atomic E-state index is 14.7. The minimum Gasteiger partial charge on any atom is -0.388 e. The van der Waals surface area contributed by atoms with E-state index in [1.54, 1.807) is 17.6 Å². The van der Waals surface area contributed by atoms with E-state index < -0.39 is 35.8 Å². The number of imidazole rings is 1. The number of halogens is 4. The lowest BCUT2D eigenvalue weighted by Gasteiger charge is -2.34. The lowest BCUT2D eigenvalue weighted by atomic mass is 9.79. The van der Waals surface area contributed by atoms with Crippen LogP contribution >= 0.6 is 0 Å². The Bertz CT molecular complexity index is 1020. The number of nitrogens with one attached hydrogen (secondary N) is 1. The second-order valence-corrected chi connectivity index (χ2v) is 9.66. The molecule has 0 aliphatic heterocycles. The van der Waals surface area contributed by atoms with Crippen LogP contribution < -0.4 is 5.32 Å². The summed E-state index contributed by atoms with van der Waals surface area (Å²) in [6.45, 7) is 6.84. The summed E-state index contributed by atoms with van der Waals surface area (Å²) in [5.74, 6) is -1.72. The van der Waals surface area contributed by atoms with Gasteiger partial charge in [0.15, 0.2) is 0 Å². The second-order valence-electron chi connectivity index (χ2n) is 9.66. The SMILES string of the molecule is CCc1nc(C(=O)NCC2(O)CCC(C)CC2)c(C)n1-c1ccc(CC(C)C(F)(F)F)c(F)c1. The maximum Gasteiger partial charge on any atom is 0.391 e. The van der Waals surface area contributed by atoms with Crippen LogP contribution in [0.1, 0.15) is 74.0 Å². The van der Waals surface area contributed by atoms with Gasteiger partial charge in [0.25, 0.3) is 5.91 Å². The number of aromatic nitrogens is 2. The van der Waals surface area contributed by atoms with Gasteiger partial charge >= 0.3 is 6.18 Å². The van der Waals surface area contributed by atoms with Gasteiger partial charge in [0.1, 0.15) is 17.3 Å². The fourth-order valence-corrected chi connectivity index (χ4v) is 4.45. The fourth-order valence-electron chi connectivity index (χ4n) is 4.45. The molecule has 1 aromatic carbocycles. The Kier molecular flexibility index (Phi) is 7.75. The van der Waals surface area contributed by atoms with Crippen LogP contribution in [0, 0.1) is 24.6 Å². The Morgan fingerprint density at radius 1 is 1.32 bits per heavy atom. The van der Waals surface area contributed by atoms with Crippen LogP contribution in [0.5, 0.6) is 0 Å². The zero-order valence-corrected chi connectivity index (χ0v) is 20.1. The summed E-state index contributed by atoms with van der Waals surface area (Å²) in [5, 5.41) is 13.5. The zero-order chi connectivity index (χ0) is 25.3. The molecule has 0 spiro atoms. The van der Waals surface area contributed by atoms with Gasteiger partial charge in [0.2, 0.25) is 0 Å². The molecule has 1 aromatic heterocycles. The summed E-state index contributed by atoms with van der Waals surface area (Å²) >= 11 is 0. The Hall–Kier alpha value is -2.42. The summed E-state index contributed by atoms with van der Waals surface area (Å²) in [6, 6.07) is 4.08. The summed E-state index contributed by atoms with van der Waals surface area (Å²) < 4.78 is 55.0. The molecule has 0 radical (unpaired) electrons. The molecule has 1 atom stereocenters. The van der Waals surface area contributed by atoms with E-state index in [4.69, 9.17) is 0 Å². The van der Waals surface area contributed by atoms with Crippen LogP contribution in [0.4, 0.5) is 17.6 Å². The van der Waals surface area contributed by atoms with Gasteiger partial charge in [-0.3, -0.25) is 4.79 Å². The van der Waals surface area contributed by atoms with E-state index in [9.17, 15) is 27.5 Å². The number of benzene rings is 1. The molecule has 2 N–H and O–H groups in total. The van der Waals surface area contributed by atoms with E-state index in [1.165, 1.54) is 12.1 Å². The first-order valence-corrected chi connectivity index (χ1v) is 11.8. The monoisotopic (exact) mass is 483 g/mol. The number of aliphatic hydroxyl groups is 1. The first-order chi connectivity index (χ1) is 15.8. The zero-order valence-electron chi connectivity index (χ0n) is 20.1. The molecule has 9 heteroatoms. The van der Waals surface area contributed by atoms with Crippen molar-refractivity contribution in [3.63, 3.8) is 0 Å². The Balaban J connectivity index is 1.80. The third kappa shape index (κ3) is 5.79. The lowest BCUT2D eigenvalue weighted by Crippen LogP contribution is -2.45. The van der Waals surface area contributed by atoms with E-state index >= 15 is 0 Å². The minimum absolute atomic E-state index is 0.0163. The number of hydrogen-bond acceptors (Lipinski definition) is 3. The smallest absolute Gasteiger partial charge is 0.388 e. The second kappa shape index (κ2) is 10.1. The fraction of sp³-hybridized carbons (Fsp3) is 0.600. The molecule has 1 unspecified atom stereocenters. The van der Waals surface area contributed by atoms with Crippen molar-refractivity contribution in [2.24, 2.45) is 11.8 Å². The number of rotatable bonds is 7. The molecule has 34 heavy (non-hydrogen) atoms. The molecule has 188 valence electrons. The van der Waals surface area contributed by atoms with Gasteiger partial charge < -0.3 is 15.0 Å². The summed E-state index contributed by atoms with van der Waals surface area (Å²) in [4.78, 5) is 17.3. The standard InChI is InChI=1S/C25H33F4N3O2/c1-5-21-31-22(23(33)30-14-24(34)10-8-15(2)9-11-24)17(4)32(21)19-7-6-18(20(26)13-19)12-16(3)25(27,28)29/h6-7,13,15-16,34H,5,8-12,14H2,1-4H3,(H,30,33). The molecule has 0 bridgehead atoms. The molecule has 1 saturated carbocycles. The Morgan fingerprint density at radius 3 is 2.53 bits per heavy atom. The number of hydrogen-bond donors (Lipinski definition) is 2. The highest BCUT2D eigenvalue weighted by molar-refractivity contribution is 5.93. The number of alkyl halides is 3. The van der Waals surface area contributed by atoms with Gasteiger partial charge in [-0.15, -0.1) is 0 Å². The van der Waals surface area contributed by atoms with Crippen LogP contribution in [0.3, 0.4) is 0 Å². The molecule has 5 nitrogen and oxygen atoms in total. The molecule has 1 aliphatic rings. The molecule has 2 aromatic rings. The molecule has 1 amide bonds. The van der Waals surface area contributed by atoms with Crippen LogP contribution in [0.15, 0.2) is 18.2 Å². The Morgan fingerprint density at radius 2 is 1.97 bits per heavy atom. The van der Waals surface area contributed by atoms with Gasteiger partial charge in [-0.25, -0.2) is 9.37 Å². The molecule has 1 aliphatic carbocycles. The normalized spacial score (nSPS) is 22.0. The van der Waals surface area contributed by atoms with E-state index in [2.05, 4.69) is 17.2 Å². The summed E-state index contributed by atoms with van der Waals surface area (Å²) in [6.07, 6.45) is -1.32. The van der Waals surface area contributed by atoms with Crippen molar-refractivity contribution in [1.82, 2.24) is 14.9 Å². The topological polar surface area (TPSA) is 67.2 Å². The quantitative estimate of drug-likeness (QED) is 0.526. The summed E-state index contributed by atoms with van der Waals surface area (Å²) in [7, 11) is 0. The van der Waals surface area contributed by atoms with Crippen LogP contribution in [-0.4, -0.2) is 38.9 Å². The van der Waals surface area contributed by atoms with Gasteiger partial charge in [-0.2, -0.15) is 13.2 Å². The predicted octanol–water partition coefficient (Wildman–Crippen LogP) is 5.29. The van der Waals surface area contributed by atoms with Crippen molar-refractivity contribution in [2.45, 2.75) is 78.0 Å². The first kappa shape index (κ1) is 26.2. The highest BCUT2D eigenvalue weighted by Crippen LogP contribution is 2.32. The van der Waals surface area contributed by atoms with Gasteiger partial charge in [-0.05, 0) is 62.6 Å². The van der Waals surface area contributed by atoms with Crippen molar-refractivity contribution in [3.05, 3.63) is 46.8 Å². The molecule has 0 saturated heterocycles. The molecule has 3 rings (SSSR count). The molecule has 1 fully saturated rings. The first-order valence-electron chi connectivity index (χ1n) is 11.8. The van der Waals surface area contributed by atoms with Gasteiger partial charge in [0, 0.05) is 18.7 Å².